The quantitative estimate of drug-likeness (QED) is 0.469. The highest BCUT2D eigenvalue weighted by Gasteiger charge is 2.21. The molecule has 0 bridgehead atoms. The van der Waals surface area contributed by atoms with Crippen LogP contribution in [-0.4, -0.2) is 35.6 Å². The Morgan fingerprint density at radius 3 is 2.90 bits per heavy atom. The lowest BCUT2D eigenvalue weighted by Crippen LogP contribution is -2.10. The number of aromatic nitrogens is 5. The molecule has 1 unspecified atom stereocenters. The van der Waals surface area contributed by atoms with Crippen molar-refractivity contribution >= 4 is 22.9 Å². The Bertz CT molecular complexity index is 1150. The largest absolute Gasteiger partial charge is 0.490 e. The molecule has 3 aromatic heterocycles. The molecule has 150 valence electrons. The molecule has 0 saturated heterocycles. The third-order valence-corrected chi connectivity index (χ3v) is 4.52. The predicted molar refractivity (Wildman–Crippen MR) is 111 cm³/mol. The van der Waals surface area contributed by atoms with E-state index in [0.717, 1.165) is 5.56 Å². The highest BCUT2D eigenvalue weighted by Crippen LogP contribution is 2.37. The van der Waals surface area contributed by atoms with Crippen molar-refractivity contribution in [3.05, 3.63) is 59.6 Å². The topological polar surface area (TPSA) is 89.5 Å². The molecule has 0 fully saturated rings. The van der Waals surface area contributed by atoms with Gasteiger partial charge in [-0.1, -0.05) is 11.6 Å². The van der Waals surface area contributed by atoms with E-state index >= 15 is 0 Å². The Balaban J connectivity index is 1.72. The highest BCUT2D eigenvalue weighted by molar-refractivity contribution is 6.31. The van der Waals surface area contributed by atoms with E-state index in [1.807, 2.05) is 27.0 Å². The Morgan fingerprint density at radius 1 is 1.28 bits per heavy atom. The minimum atomic E-state index is -1.03. The van der Waals surface area contributed by atoms with Gasteiger partial charge in [0.1, 0.15) is 11.4 Å². The number of fused-ring (bicyclic) bond motifs is 1. The van der Waals surface area contributed by atoms with Crippen molar-refractivity contribution in [3.63, 3.8) is 0 Å². The Morgan fingerprint density at radius 2 is 2.10 bits per heavy atom. The molecule has 8 nitrogen and oxygen atoms in total. The van der Waals surface area contributed by atoms with E-state index < -0.39 is 6.23 Å². The zero-order chi connectivity index (χ0) is 20.5. The van der Waals surface area contributed by atoms with Crippen molar-refractivity contribution in [2.45, 2.75) is 26.2 Å². The maximum absolute atomic E-state index is 10.8. The fourth-order valence-corrected chi connectivity index (χ4v) is 3.27. The normalized spacial score (nSPS) is 12.5. The lowest BCUT2D eigenvalue weighted by molar-refractivity contribution is 0.209. The summed E-state index contributed by atoms with van der Waals surface area (Å²) in [5.41, 5.74) is 3.12. The summed E-state index contributed by atoms with van der Waals surface area (Å²) in [4.78, 5) is 4.29. The smallest absolute Gasteiger partial charge is 0.162 e. The van der Waals surface area contributed by atoms with Crippen LogP contribution in [0, 0.1) is 0 Å². The average Bonchev–Trinajstić information content (AvgIpc) is 3.26. The number of anilines is 1. The first-order valence-electron chi connectivity index (χ1n) is 9.15. The zero-order valence-electron chi connectivity index (χ0n) is 16.2. The second kappa shape index (κ2) is 7.73. The third kappa shape index (κ3) is 3.90. The predicted octanol–water partition coefficient (Wildman–Crippen LogP) is 3.67. The minimum absolute atomic E-state index is 0.00880. The average molecular weight is 413 g/mol. The summed E-state index contributed by atoms with van der Waals surface area (Å²) in [6.45, 7) is 3.91. The van der Waals surface area contributed by atoms with E-state index in [1.54, 1.807) is 52.2 Å². The van der Waals surface area contributed by atoms with Crippen LogP contribution in [0.15, 0.2) is 49.1 Å². The van der Waals surface area contributed by atoms with Gasteiger partial charge in [0, 0.05) is 36.2 Å². The summed E-state index contributed by atoms with van der Waals surface area (Å²) in [6.07, 6.45) is 5.77. The maximum atomic E-state index is 10.8. The summed E-state index contributed by atoms with van der Waals surface area (Å²) < 4.78 is 9.20. The molecule has 0 aliphatic carbocycles. The van der Waals surface area contributed by atoms with E-state index in [1.165, 1.54) is 0 Å². The summed E-state index contributed by atoms with van der Waals surface area (Å²) in [7, 11) is 1.81. The zero-order valence-corrected chi connectivity index (χ0v) is 17.0. The molecule has 4 aromatic rings. The number of hydrogen-bond acceptors (Lipinski definition) is 6. The van der Waals surface area contributed by atoms with E-state index in [4.69, 9.17) is 16.3 Å². The van der Waals surface area contributed by atoms with E-state index in [-0.39, 0.29) is 6.10 Å². The molecule has 1 atom stereocenters. The number of aryl methyl sites for hydroxylation is 1. The molecule has 29 heavy (non-hydrogen) atoms. The summed E-state index contributed by atoms with van der Waals surface area (Å²) in [5.74, 6) is 0.665. The van der Waals surface area contributed by atoms with Crippen molar-refractivity contribution in [1.82, 2.24) is 24.4 Å². The fourth-order valence-electron chi connectivity index (χ4n) is 3.10. The Hall–Kier alpha value is -3.10. The van der Waals surface area contributed by atoms with Gasteiger partial charge in [-0.15, -0.1) is 0 Å². The van der Waals surface area contributed by atoms with Crippen molar-refractivity contribution in [3.8, 4) is 17.0 Å². The summed E-state index contributed by atoms with van der Waals surface area (Å²) >= 11 is 6.24. The summed E-state index contributed by atoms with van der Waals surface area (Å²) in [6, 6.07) is 7.17. The van der Waals surface area contributed by atoms with Gasteiger partial charge in [-0.05, 0) is 38.1 Å². The first-order chi connectivity index (χ1) is 13.9. The molecule has 0 aliphatic heterocycles. The molecule has 0 radical (unpaired) electrons. The highest BCUT2D eigenvalue weighted by atomic mass is 35.5. The number of aliphatic hydroxyl groups excluding tert-OH is 1. The number of hydrogen-bond donors (Lipinski definition) is 2. The first kappa shape index (κ1) is 19.2. The second-order valence-corrected chi connectivity index (χ2v) is 7.34. The third-order valence-electron chi connectivity index (χ3n) is 4.28. The van der Waals surface area contributed by atoms with Crippen LogP contribution in [-0.2, 0) is 7.05 Å². The van der Waals surface area contributed by atoms with E-state index in [2.05, 4.69) is 20.5 Å². The molecule has 2 N–H and O–H groups in total. The molecule has 0 aliphatic rings. The van der Waals surface area contributed by atoms with Gasteiger partial charge in [-0.3, -0.25) is 4.68 Å². The van der Waals surface area contributed by atoms with Crippen LogP contribution >= 0.6 is 11.6 Å². The molecule has 4 rings (SSSR count). The molecule has 1 aromatic carbocycles. The Kier molecular flexibility index (Phi) is 5.12. The number of nitrogens with one attached hydrogen (secondary N) is 1. The molecule has 9 heteroatoms. The van der Waals surface area contributed by atoms with Gasteiger partial charge in [-0.2, -0.15) is 10.2 Å². The number of ether oxygens (including phenoxy) is 1. The lowest BCUT2D eigenvalue weighted by atomic mass is 10.1. The number of aliphatic hydroxyl groups is 1. The number of nitrogens with zero attached hydrogens (tertiary/aromatic N) is 5. The summed E-state index contributed by atoms with van der Waals surface area (Å²) in [5, 5.41) is 23.3. The van der Waals surface area contributed by atoms with Crippen molar-refractivity contribution < 1.29 is 9.84 Å². The van der Waals surface area contributed by atoms with Crippen molar-refractivity contribution in [2.24, 2.45) is 7.05 Å². The van der Waals surface area contributed by atoms with E-state index in [9.17, 15) is 5.11 Å². The number of benzene rings is 1. The monoisotopic (exact) mass is 412 g/mol. The van der Waals surface area contributed by atoms with Crippen LogP contribution in [0.25, 0.3) is 16.9 Å². The van der Waals surface area contributed by atoms with Gasteiger partial charge in [0.2, 0.25) is 0 Å². The lowest BCUT2D eigenvalue weighted by Gasteiger charge is -2.16. The van der Waals surface area contributed by atoms with Gasteiger partial charge in [0.05, 0.1) is 23.6 Å². The van der Waals surface area contributed by atoms with Crippen molar-refractivity contribution in [2.75, 3.05) is 5.32 Å². The Labute approximate surface area is 172 Å². The van der Waals surface area contributed by atoms with Crippen LogP contribution in [0.4, 0.5) is 5.69 Å². The molecule has 0 saturated carbocycles. The first-order valence-corrected chi connectivity index (χ1v) is 9.53. The maximum Gasteiger partial charge on any atom is 0.162 e. The fraction of sp³-hybridized carbons (Fsp3) is 0.250. The van der Waals surface area contributed by atoms with E-state index in [0.29, 0.717) is 33.4 Å². The van der Waals surface area contributed by atoms with Crippen molar-refractivity contribution in [1.29, 1.82) is 0 Å². The molecule has 0 spiro atoms. The SMILES string of the molecule is CC(C)Oc1ccc(Cl)cc1-c1nn(C)cc1NC(O)c1cnn2cccnc12. The van der Waals surface area contributed by atoms with Crippen LogP contribution in [0.1, 0.15) is 25.6 Å². The van der Waals surface area contributed by atoms with Crippen LogP contribution in [0.5, 0.6) is 5.75 Å². The standard InChI is InChI=1S/C20H21ClN6O2/c1-12(2)29-17-6-5-13(21)9-14(17)18-16(11-26(3)25-18)24-20(28)15-10-23-27-8-4-7-22-19(15)27/h4-12,20,24,28H,1-3H3. The van der Waals surface area contributed by atoms with Gasteiger partial charge >= 0.3 is 0 Å². The second-order valence-electron chi connectivity index (χ2n) is 6.91. The van der Waals surface area contributed by atoms with Crippen LogP contribution in [0.3, 0.4) is 0 Å². The van der Waals surface area contributed by atoms with Crippen LogP contribution < -0.4 is 10.1 Å². The molecule has 3 heterocycles. The molecular formula is C20H21ClN6O2. The number of rotatable bonds is 6. The van der Waals surface area contributed by atoms with Gasteiger partial charge in [-0.25, -0.2) is 9.50 Å². The molecule has 0 amide bonds. The number of halogens is 1. The van der Waals surface area contributed by atoms with Crippen LogP contribution in [0.2, 0.25) is 5.02 Å². The van der Waals surface area contributed by atoms with Gasteiger partial charge in [0.15, 0.2) is 11.9 Å². The molecular weight excluding hydrogens is 392 g/mol. The minimum Gasteiger partial charge on any atom is -0.490 e. The van der Waals surface area contributed by atoms with Gasteiger partial charge in [0.25, 0.3) is 0 Å². The van der Waals surface area contributed by atoms with Gasteiger partial charge < -0.3 is 15.2 Å².